The Balaban J connectivity index is 2.91. The Morgan fingerprint density at radius 1 is 0.882 bits per heavy atom. The van der Waals surface area contributed by atoms with Gasteiger partial charge in [-0.25, -0.2) is 0 Å². The maximum absolute atomic E-state index is 5.95. The Hall–Kier alpha value is 0.0169. The molecule has 0 spiro atoms. The summed E-state index contributed by atoms with van der Waals surface area (Å²) < 4.78 is 17.8. The third-order valence-electron chi connectivity index (χ3n) is 2.99. The van der Waals surface area contributed by atoms with Crippen molar-refractivity contribution < 1.29 is 13.3 Å². The average Bonchev–Trinajstić information content (AvgIpc) is 2.60. The van der Waals surface area contributed by atoms with Gasteiger partial charge >= 0.3 is 8.80 Å². The van der Waals surface area contributed by atoms with E-state index in [1.54, 1.807) is 0 Å². The lowest BCUT2D eigenvalue weighted by molar-refractivity contribution is 0.0246. The van der Waals surface area contributed by atoms with E-state index in [0.29, 0.717) is 19.8 Å². The van der Waals surface area contributed by atoms with Gasteiger partial charge in [0.1, 0.15) is 5.79 Å². The first-order valence-electron chi connectivity index (χ1n) is 6.43. The molecule has 0 bridgehead atoms. The highest BCUT2D eigenvalue weighted by atomic mass is 28.4. The molecule has 1 fully saturated rings. The third kappa shape index (κ3) is 3.27. The minimum atomic E-state index is -2.64. The molecular weight excluding hydrogens is 236 g/mol. The molecule has 6 heteroatoms. The molecule has 1 heterocycles. The molecule has 0 aliphatic carbocycles. The van der Waals surface area contributed by atoms with Crippen molar-refractivity contribution in [2.45, 2.75) is 26.6 Å². The smallest absolute Gasteiger partial charge is 0.372 e. The fourth-order valence-electron chi connectivity index (χ4n) is 2.39. The van der Waals surface area contributed by atoms with Gasteiger partial charge in [0, 0.05) is 32.9 Å². The van der Waals surface area contributed by atoms with E-state index in [2.05, 4.69) is 23.9 Å². The fraction of sp³-hybridized carbons (Fsp3) is 1.00. The van der Waals surface area contributed by atoms with Gasteiger partial charge in [0.15, 0.2) is 0 Å². The van der Waals surface area contributed by atoms with Crippen LogP contribution < -0.4 is 0 Å². The van der Waals surface area contributed by atoms with E-state index in [9.17, 15) is 0 Å². The van der Waals surface area contributed by atoms with Crippen LogP contribution in [0.3, 0.4) is 0 Å². The summed E-state index contributed by atoms with van der Waals surface area (Å²) in [5, 5.41) is 0. The zero-order valence-corrected chi connectivity index (χ0v) is 12.7. The van der Waals surface area contributed by atoms with E-state index in [1.807, 2.05) is 20.8 Å². The highest BCUT2D eigenvalue weighted by Gasteiger charge is 2.55. The maximum Gasteiger partial charge on any atom is 0.534 e. The molecule has 1 aliphatic heterocycles. The Kier molecular flexibility index (Phi) is 6.05. The van der Waals surface area contributed by atoms with E-state index in [-0.39, 0.29) is 5.79 Å². The molecule has 17 heavy (non-hydrogen) atoms. The van der Waals surface area contributed by atoms with Crippen molar-refractivity contribution in [1.82, 2.24) is 9.80 Å². The van der Waals surface area contributed by atoms with Crippen molar-refractivity contribution in [1.29, 1.82) is 0 Å². The second kappa shape index (κ2) is 6.82. The first kappa shape index (κ1) is 15.1. The van der Waals surface area contributed by atoms with Crippen LogP contribution in [0.4, 0.5) is 0 Å². The fourth-order valence-corrected chi connectivity index (χ4v) is 5.63. The summed E-state index contributed by atoms with van der Waals surface area (Å²) in [7, 11) is 1.57. The highest BCUT2D eigenvalue weighted by molar-refractivity contribution is 6.62. The predicted octanol–water partition coefficient (Wildman–Crippen LogP) is 0.777. The molecule has 1 aliphatic rings. The van der Waals surface area contributed by atoms with E-state index in [1.165, 1.54) is 0 Å². The van der Waals surface area contributed by atoms with E-state index >= 15 is 0 Å². The topological polar surface area (TPSA) is 34.2 Å². The Morgan fingerprint density at radius 2 is 1.24 bits per heavy atom. The molecule has 1 saturated heterocycles. The molecule has 0 radical (unpaired) electrons. The summed E-state index contributed by atoms with van der Waals surface area (Å²) in [6.07, 6.45) is 0. The second-order valence-electron chi connectivity index (χ2n) is 4.24. The molecule has 0 atom stereocenters. The van der Waals surface area contributed by atoms with E-state index in [4.69, 9.17) is 13.3 Å². The lowest BCUT2D eigenvalue weighted by Gasteiger charge is -2.38. The van der Waals surface area contributed by atoms with Crippen LogP contribution in [0.25, 0.3) is 0 Å². The summed E-state index contributed by atoms with van der Waals surface area (Å²) in [6, 6.07) is 0. The molecule has 1 rings (SSSR count). The first-order valence-corrected chi connectivity index (χ1v) is 8.23. The van der Waals surface area contributed by atoms with Crippen molar-refractivity contribution >= 4 is 8.80 Å². The number of nitrogens with zero attached hydrogens (tertiary/aromatic N) is 2. The predicted molar refractivity (Wildman–Crippen MR) is 69.7 cm³/mol. The molecule has 0 saturated carbocycles. The maximum atomic E-state index is 5.95. The van der Waals surface area contributed by atoms with Gasteiger partial charge < -0.3 is 13.3 Å². The molecule has 0 aromatic carbocycles. The molecule has 0 N–H and O–H groups in total. The van der Waals surface area contributed by atoms with Crippen molar-refractivity contribution in [3.05, 3.63) is 0 Å². The lowest BCUT2D eigenvalue weighted by Crippen LogP contribution is -2.64. The Bertz CT molecular complexity index is 204. The summed E-state index contributed by atoms with van der Waals surface area (Å²) >= 11 is 0. The monoisotopic (exact) mass is 262 g/mol. The zero-order chi connectivity index (χ0) is 12.9. The van der Waals surface area contributed by atoms with Gasteiger partial charge in [-0.05, 0) is 34.9 Å². The number of rotatable bonds is 7. The van der Waals surface area contributed by atoms with Crippen LogP contribution in [0, 0.1) is 0 Å². The molecular formula is C11H26N2O3Si. The largest absolute Gasteiger partial charge is 0.534 e. The normalized spacial score (nSPS) is 20.3. The molecule has 0 unspecified atom stereocenters. The van der Waals surface area contributed by atoms with Gasteiger partial charge in [-0.2, -0.15) is 0 Å². The summed E-state index contributed by atoms with van der Waals surface area (Å²) in [6.45, 7) is 9.93. The molecule has 0 amide bonds. The quantitative estimate of drug-likeness (QED) is 0.633. The molecule has 102 valence electrons. The third-order valence-corrected chi connectivity index (χ3v) is 6.58. The summed E-state index contributed by atoms with van der Waals surface area (Å²) in [5.41, 5.74) is 0. The van der Waals surface area contributed by atoms with Crippen LogP contribution >= 0.6 is 0 Å². The zero-order valence-electron chi connectivity index (χ0n) is 11.7. The Morgan fingerprint density at radius 3 is 1.53 bits per heavy atom. The molecule has 5 nitrogen and oxygen atoms in total. The van der Waals surface area contributed by atoms with Crippen LogP contribution in [0.2, 0.25) is 0 Å². The SMILES string of the molecule is CCO[Si](OCC)(OCC)C1N(C)CCN1C. The van der Waals surface area contributed by atoms with Gasteiger partial charge in [0.05, 0.1) is 0 Å². The first-order chi connectivity index (χ1) is 8.11. The molecule has 0 aromatic rings. The Labute approximate surface area is 106 Å². The number of likely N-dealkylation sites (N-methyl/N-ethyl adjacent to an activating group) is 2. The van der Waals surface area contributed by atoms with E-state index in [0.717, 1.165) is 13.1 Å². The standard InChI is InChI=1S/C11H26N2O3Si/c1-6-14-17(15-7-2,16-8-3)11-12(4)9-10-13(11)5/h11H,6-10H2,1-5H3. The van der Waals surface area contributed by atoms with Crippen LogP contribution in [0.5, 0.6) is 0 Å². The van der Waals surface area contributed by atoms with Gasteiger partial charge in [0.25, 0.3) is 0 Å². The second-order valence-corrected chi connectivity index (χ2v) is 6.83. The molecule has 0 aromatic heterocycles. The van der Waals surface area contributed by atoms with Crippen molar-refractivity contribution in [3.63, 3.8) is 0 Å². The lowest BCUT2D eigenvalue weighted by atomic mass is 10.6. The van der Waals surface area contributed by atoms with Crippen LogP contribution in [0.1, 0.15) is 20.8 Å². The average molecular weight is 262 g/mol. The number of hydrogen-bond donors (Lipinski definition) is 0. The number of hydrogen-bond acceptors (Lipinski definition) is 5. The summed E-state index contributed by atoms with van der Waals surface area (Å²) in [4.78, 5) is 4.54. The van der Waals surface area contributed by atoms with Crippen LogP contribution in [-0.2, 0) is 13.3 Å². The highest BCUT2D eigenvalue weighted by Crippen LogP contribution is 2.24. The summed E-state index contributed by atoms with van der Waals surface area (Å²) in [5.74, 6) is 0.141. The van der Waals surface area contributed by atoms with Gasteiger partial charge in [0.2, 0.25) is 0 Å². The minimum Gasteiger partial charge on any atom is -0.372 e. The van der Waals surface area contributed by atoms with Crippen LogP contribution in [0.15, 0.2) is 0 Å². The van der Waals surface area contributed by atoms with Crippen LogP contribution in [-0.4, -0.2) is 71.4 Å². The van der Waals surface area contributed by atoms with Gasteiger partial charge in [-0.15, -0.1) is 0 Å². The van der Waals surface area contributed by atoms with Gasteiger partial charge in [-0.1, -0.05) is 0 Å². The van der Waals surface area contributed by atoms with Crippen molar-refractivity contribution in [2.24, 2.45) is 0 Å². The van der Waals surface area contributed by atoms with Crippen molar-refractivity contribution in [3.8, 4) is 0 Å². The van der Waals surface area contributed by atoms with E-state index < -0.39 is 8.80 Å². The van der Waals surface area contributed by atoms with Crippen molar-refractivity contribution in [2.75, 3.05) is 47.0 Å². The van der Waals surface area contributed by atoms with Gasteiger partial charge in [-0.3, -0.25) is 9.80 Å². The minimum absolute atomic E-state index is 0.141.